The van der Waals surface area contributed by atoms with Crippen LogP contribution < -0.4 is 5.73 Å². The Labute approximate surface area is 164 Å². The Bertz CT molecular complexity index is 901. The van der Waals surface area contributed by atoms with Crippen molar-refractivity contribution in [3.63, 3.8) is 0 Å². The number of hydrogen-bond acceptors (Lipinski definition) is 1. The zero-order valence-corrected chi connectivity index (χ0v) is 17.4. The van der Waals surface area contributed by atoms with E-state index in [0.29, 0.717) is 0 Å². The summed E-state index contributed by atoms with van der Waals surface area (Å²) in [4.78, 5) is 0. The van der Waals surface area contributed by atoms with E-state index >= 15 is 0 Å². The van der Waals surface area contributed by atoms with Crippen LogP contribution in [-0.4, -0.2) is 31.4 Å². The summed E-state index contributed by atoms with van der Waals surface area (Å²) in [5.41, 5.74) is 14.7. The van der Waals surface area contributed by atoms with Gasteiger partial charge in [-0.05, 0) is 67.8 Å². The van der Waals surface area contributed by atoms with Crippen molar-refractivity contribution in [2.75, 3.05) is 21.1 Å². The van der Waals surface area contributed by atoms with Crippen molar-refractivity contribution in [1.82, 2.24) is 0 Å². The van der Waals surface area contributed by atoms with Crippen molar-refractivity contribution < 1.29 is 4.58 Å². The van der Waals surface area contributed by atoms with E-state index in [9.17, 15) is 0 Å². The van der Waals surface area contributed by atoms with Gasteiger partial charge in [-0.1, -0.05) is 53.6 Å². The second-order valence-corrected chi connectivity index (χ2v) is 7.00. The summed E-state index contributed by atoms with van der Waals surface area (Å²) in [6.07, 6.45) is 8.84. The first kappa shape index (κ1) is 20.6. The van der Waals surface area contributed by atoms with Crippen molar-refractivity contribution in [3.8, 4) is 0 Å². The summed E-state index contributed by atoms with van der Waals surface area (Å²) in [5, 5.41) is 0. The zero-order chi connectivity index (χ0) is 20.0. The van der Waals surface area contributed by atoms with Gasteiger partial charge in [-0.3, -0.25) is 0 Å². The number of nitrogens with zero attached hydrogens (tertiary/aromatic N) is 1. The summed E-state index contributed by atoms with van der Waals surface area (Å²) in [7, 11) is 5.65. The molecule has 140 valence electrons. The van der Waals surface area contributed by atoms with E-state index in [1.807, 2.05) is 0 Å². The molecule has 27 heavy (non-hydrogen) atoms. The maximum absolute atomic E-state index is 4.50. The van der Waals surface area contributed by atoms with Crippen LogP contribution in [0.15, 0.2) is 72.3 Å². The van der Waals surface area contributed by atoms with E-state index in [1.165, 1.54) is 51.7 Å². The Balaban J connectivity index is 0.00000126. The number of allylic oxidation sites excluding steroid dienone is 5. The highest BCUT2D eigenvalue weighted by Crippen LogP contribution is 2.32. The molecule has 2 N–H and O–H groups in total. The number of aryl methyl sites for hydroxylation is 3. The maximum atomic E-state index is 4.50. The van der Waals surface area contributed by atoms with Crippen LogP contribution in [0.25, 0.3) is 5.57 Å². The highest BCUT2D eigenvalue weighted by Gasteiger charge is 2.14. The molecule has 0 atom stereocenters. The number of rotatable bonds is 2. The zero-order valence-electron chi connectivity index (χ0n) is 17.4. The monoisotopic (exact) mass is 359 g/mol. The third-order valence-electron chi connectivity index (χ3n) is 4.68. The van der Waals surface area contributed by atoms with Crippen LogP contribution in [0.4, 0.5) is 0 Å². The minimum Gasteiger partial charge on any atom is -0.333 e. The Morgan fingerprint density at radius 2 is 1.30 bits per heavy atom. The quantitative estimate of drug-likeness (QED) is 0.765. The van der Waals surface area contributed by atoms with E-state index in [-0.39, 0.29) is 0 Å². The highest BCUT2D eigenvalue weighted by molar-refractivity contribution is 6.04. The smallest absolute Gasteiger partial charge is 0.199 e. The molecular formula is C25H31N2+. The first-order valence-corrected chi connectivity index (χ1v) is 9.33. The van der Waals surface area contributed by atoms with Crippen LogP contribution in [0, 0.1) is 20.8 Å². The molecule has 1 aliphatic rings. The van der Waals surface area contributed by atoms with E-state index in [4.69, 9.17) is 0 Å². The molecule has 0 heterocycles. The number of benzene rings is 2. The van der Waals surface area contributed by atoms with Crippen molar-refractivity contribution in [2.24, 2.45) is 5.73 Å². The van der Waals surface area contributed by atoms with E-state index in [2.05, 4.69) is 112 Å². The molecule has 2 nitrogen and oxygen atoms in total. The van der Waals surface area contributed by atoms with Crippen molar-refractivity contribution in [1.29, 1.82) is 0 Å². The van der Waals surface area contributed by atoms with Gasteiger partial charge in [0, 0.05) is 12.2 Å². The molecule has 1 aliphatic carbocycles. The van der Waals surface area contributed by atoms with Crippen LogP contribution >= 0.6 is 0 Å². The van der Waals surface area contributed by atoms with Gasteiger partial charge in [0.25, 0.3) is 0 Å². The predicted molar refractivity (Wildman–Crippen MR) is 119 cm³/mol. The number of hydrogen-bond donors (Lipinski definition) is 1. The summed E-state index contributed by atoms with van der Waals surface area (Å²) in [6.45, 7) is 6.48. The average Bonchev–Trinajstić information content (AvgIpc) is 2.68. The molecule has 2 aromatic rings. The van der Waals surface area contributed by atoms with Gasteiger partial charge in [0.1, 0.15) is 14.1 Å². The van der Waals surface area contributed by atoms with Crippen LogP contribution in [0.2, 0.25) is 0 Å². The van der Waals surface area contributed by atoms with Crippen molar-refractivity contribution in [2.45, 2.75) is 20.8 Å². The lowest BCUT2D eigenvalue weighted by Crippen LogP contribution is -2.10. The lowest BCUT2D eigenvalue weighted by atomic mass is 9.87. The van der Waals surface area contributed by atoms with Crippen LogP contribution in [0.1, 0.15) is 27.8 Å². The molecule has 0 spiro atoms. The maximum Gasteiger partial charge on any atom is 0.199 e. The predicted octanol–water partition coefficient (Wildman–Crippen LogP) is 4.83. The SMILES string of the molecule is CN.Cc1ccc(C(=C2C=CC(=[N+](C)C)C=C2)c2cc(C)ccc2C)cc1. The number of nitrogens with two attached hydrogens (primary N) is 1. The lowest BCUT2D eigenvalue weighted by molar-refractivity contribution is -0.462. The van der Waals surface area contributed by atoms with Crippen molar-refractivity contribution >= 4 is 11.3 Å². The molecule has 2 aromatic carbocycles. The molecular weight excluding hydrogens is 328 g/mol. The Morgan fingerprint density at radius 3 is 1.85 bits per heavy atom. The Hall–Kier alpha value is -2.71. The molecule has 0 radical (unpaired) electrons. The van der Waals surface area contributed by atoms with E-state index < -0.39 is 0 Å². The normalized spacial score (nSPS) is 12.6. The lowest BCUT2D eigenvalue weighted by Gasteiger charge is -2.16. The molecule has 0 aromatic heterocycles. The highest BCUT2D eigenvalue weighted by atomic mass is 14.9. The van der Waals surface area contributed by atoms with Gasteiger partial charge in [-0.15, -0.1) is 0 Å². The van der Waals surface area contributed by atoms with E-state index in [0.717, 1.165) is 0 Å². The summed E-state index contributed by atoms with van der Waals surface area (Å²) < 4.78 is 2.13. The van der Waals surface area contributed by atoms with Gasteiger partial charge in [-0.25, -0.2) is 4.58 Å². The molecule has 0 fully saturated rings. The average molecular weight is 360 g/mol. The molecule has 0 unspecified atom stereocenters. The van der Waals surface area contributed by atoms with Crippen LogP contribution in [-0.2, 0) is 0 Å². The topological polar surface area (TPSA) is 29.0 Å². The van der Waals surface area contributed by atoms with Gasteiger partial charge in [0.05, 0.1) is 0 Å². The fraction of sp³-hybridized carbons (Fsp3) is 0.240. The summed E-state index contributed by atoms with van der Waals surface area (Å²) in [5.74, 6) is 0. The molecule has 0 aliphatic heterocycles. The Morgan fingerprint density at radius 1 is 0.741 bits per heavy atom. The third-order valence-corrected chi connectivity index (χ3v) is 4.68. The molecule has 3 rings (SSSR count). The van der Waals surface area contributed by atoms with Gasteiger partial charge < -0.3 is 5.73 Å². The second kappa shape index (κ2) is 9.29. The third kappa shape index (κ3) is 4.93. The first-order chi connectivity index (χ1) is 13.0. The first-order valence-electron chi connectivity index (χ1n) is 9.33. The molecule has 2 heteroatoms. The summed E-state index contributed by atoms with van der Waals surface area (Å²) >= 11 is 0. The Kier molecular flexibility index (Phi) is 7.09. The van der Waals surface area contributed by atoms with Gasteiger partial charge >= 0.3 is 0 Å². The fourth-order valence-electron chi connectivity index (χ4n) is 3.13. The molecule has 0 bridgehead atoms. The van der Waals surface area contributed by atoms with Gasteiger partial charge in [0.2, 0.25) is 0 Å². The van der Waals surface area contributed by atoms with Gasteiger partial charge in [0.15, 0.2) is 5.71 Å². The van der Waals surface area contributed by atoms with Gasteiger partial charge in [-0.2, -0.15) is 0 Å². The minimum atomic E-state index is 1.22. The van der Waals surface area contributed by atoms with E-state index in [1.54, 1.807) is 0 Å². The molecule has 0 amide bonds. The minimum absolute atomic E-state index is 1.22. The van der Waals surface area contributed by atoms with Crippen LogP contribution in [0.3, 0.4) is 0 Å². The standard InChI is InChI=1S/C24H26N.CH5N/c1-17-7-10-20(11-8-17)24(23-16-18(2)6-9-19(23)3)21-12-14-22(15-13-21)25(4)5;1-2/h6-16H,1-5H3;2H2,1H3/q+1;. The molecule has 0 saturated heterocycles. The fourth-order valence-corrected chi connectivity index (χ4v) is 3.13. The summed E-state index contributed by atoms with van der Waals surface area (Å²) in [6, 6.07) is 15.5. The van der Waals surface area contributed by atoms with Crippen LogP contribution in [0.5, 0.6) is 0 Å². The second-order valence-electron chi connectivity index (χ2n) is 7.00. The largest absolute Gasteiger partial charge is 0.333 e. The van der Waals surface area contributed by atoms with Crippen molar-refractivity contribution in [3.05, 3.63) is 100 Å². The molecule has 0 saturated carbocycles.